The first-order chi connectivity index (χ1) is 10.2. The lowest BCUT2D eigenvalue weighted by atomic mass is 10.0. The van der Waals surface area contributed by atoms with E-state index in [1.54, 1.807) is 7.11 Å². The highest BCUT2D eigenvalue weighted by Crippen LogP contribution is 2.28. The van der Waals surface area contributed by atoms with Gasteiger partial charge in [-0.2, -0.15) is 0 Å². The van der Waals surface area contributed by atoms with E-state index in [2.05, 4.69) is 23.2 Å². The fourth-order valence-corrected chi connectivity index (χ4v) is 2.89. The minimum absolute atomic E-state index is 0.201. The first-order valence-corrected chi connectivity index (χ1v) is 7.55. The summed E-state index contributed by atoms with van der Waals surface area (Å²) in [4.78, 5) is 2.29. The molecular weight excluding hydrogens is 264 g/mol. The van der Waals surface area contributed by atoms with Crippen molar-refractivity contribution < 1.29 is 4.74 Å². The van der Waals surface area contributed by atoms with Crippen LogP contribution in [0.5, 0.6) is 0 Å². The third-order valence-electron chi connectivity index (χ3n) is 3.84. The van der Waals surface area contributed by atoms with Gasteiger partial charge < -0.3 is 26.1 Å². The molecule has 116 valence electrons. The highest BCUT2D eigenvalue weighted by atomic mass is 16.5. The number of hydrogen-bond acceptors (Lipinski definition) is 5. The number of hydrogen-bond donors (Lipinski definition) is 3. The smallest absolute Gasteiger partial charge is 0.0661 e. The van der Waals surface area contributed by atoms with Gasteiger partial charge in [-0.3, -0.25) is 0 Å². The lowest BCUT2D eigenvalue weighted by Crippen LogP contribution is -2.43. The quantitative estimate of drug-likeness (QED) is 0.701. The third-order valence-corrected chi connectivity index (χ3v) is 3.84. The van der Waals surface area contributed by atoms with E-state index in [0.29, 0.717) is 6.61 Å². The maximum atomic E-state index is 7.79. The number of nitrogens with two attached hydrogens (primary N) is 1. The summed E-state index contributed by atoms with van der Waals surface area (Å²) in [6.45, 7) is 4.57. The minimum atomic E-state index is 0.201. The fraction of sp³-hybridized carbons (Fsp3) is 0.562. The molecule has 0 saturated carbocycles. The van der Waals surface area contributed by atoms with Gasteiger partial charge in [0.25, 0.3) is 0 Å². The number of ether oxygens (including phenoxy) is 1. The second kappa shape index (κ2) is 7.43. The maximum Gasteiger partial charge on any atom is 0.0661 e. The van der Waals surface area contributed by atoms with E-state index in [-0.39, 0.29) is 12.1 Å². The zero-order valence-electron chi connectivity index (χ0n) is 12.9. The van der Waals surface area contributed by atoms with Gasteiger partial charge in [0.2, 0.25) is 0 Å². The summed E-state index contributed by atoms with van der Waals surface area (Å²) in [6, 6.07) is 6.54. The van der Waals surface area contributed by atoms with Crippen molar-refractivity contribution in [3.8, 4) is 0 Å². The number of rotatable bonds is 6. The van der Waals surface area contributed by atoms with Gasteiger partial charge in [0.1, 0.15) is 0 Å². The van der Waals surface area contributed by atoms with Gasteiger partial charge in [0, 0.05) is 55.4 Å². The van der Waals surface area contributed by atoms with E-state index in [1.807, 2.05) is 12.1 Å². The fourth-order valence-electron chi connectivity index (χ4n) is 2.89. The molecule has 5 heteroatoms. The highest BCUT2D eigenvalue weighted by Gasteiger charge is 2.20. The van der Waals surface area contributed by atoms with Crippen molar-refractivity contribution in [2.45, 2.75) is 31.8 Å². The normalized spacial score (nSPS) is 20.1. The van der Waals surface area contributed by atoms with Gasteiger partial charge in [-0.05, 0) is 31.9 Å². The summed E-state index contributed by atoms with van der Waals surface area (Å²) in [6.07, 6.45) is 3.62. The zero-order chi connectivity index (χ0) is 15.2. The first-order valence-electron chi connectivity index (χ1n) is 7.55. The Bertz CT molecular complexity index is 477. The number of nitrogens with one attached hydrogen (secondary N) is 2. The molecule has 0 radical (unpaired) electrons. The lowest BCUT2D eigenvalue weighted by molar-refractivity contribution is 0.190. The van der Waals surface area contributed by atoms with Crippen molar-refractivity contribution in [3.63, 3.8) is 0 Å². The molecule has 4 N–H and O–H groups in total. The topological polar surface area (TPSA) is 74.4 Å². The Kier molecular flexibility index (Phi) is 5.59. The average molecular weight is 290 g/mol. The van der Waals surface area contributed by atoms with Crippen LogP contribution in [0.1, 0.15) is 25.3 Å². The van der Waals surface area contributed by atoms with Gasteiger partial charge in [-0.15, -0.1) is 0 Å². The summed E-state index contributed by atoms with van der Waals surface area (Å²) >= 11 is 0. The molecule has 1 saturated heterocycles. The number of anilines is 2. The predicted molar refractivity (Wildman–Crippen MR) is 88.7 cm³/mol. The molecule has 0 bridgehead atoms. The summed E-state index contributed by atoms with van der Waals surface area (Å²) in [5.74, 6) is 0. The zero-order valence-corrected chi connectivity index (χ0v) is 12.9. The molecule has 21 heavy (non-hydrogen) atoms. The molecule has 1 aromatic carbocycles. The second-order valence-corrected chi connectivity index (χ2v) is 5.73. The molecular formula is C16H26N4O. The highest BCUT2D eigenvalue weighted by molar-refractivity contribution is 5.94. The number of piperidine rings is 1. The van der Waals surface area contributed by atoms with Crippen molar-refractivity contribution in [2.75, 3.05) is 37.0 Å². The molecule has 1 heterocycles. The molecule has 0 aromatic heterocycles. The molecule has 2 rings (SSSR count). The van der Waals surface area contributed by atoms with Crippen molar-refractivity contribution in [3.05, 3.63) is 23.8 Å². The van der Waals surface area contributed by atoms with E-state index in [0.717, 1.165) is 42.9 Å². The monoisotopic (exact) mass is 290 g/mol. The van der Waals surface area contributed by atoms with E-state index in [1.165, 1.54) is 6.21 Å². The maximum absolute atomic E-state index is 7.79. The van der Waals surface area contributed by atoms with Crippen LogP contribution in [0.3, 0.4) is 0 Å². The lowest BCUT2D eigenvalue weighted by Gasteiger charge is -2.34. The molecule has 1 aliphatic rings. The van der Waals surface area contributed by atoms with E-state index in [9.17, 15) is 0 Å². The number of benzene rings is 1. The van der Waals surface area contributed by atoms with Crippen LogP contribution in [0.4, 0.5) is 11.4 Å². The van der Waals surface area contributed by atoms with Crippen molar-refractivity contribution in [1.29, 1.82) is 5.41 Å². The summed E-state index contributed by atoms with van der Waals surface area (Å²) in [5, 5.41) is 11.2. The first kappa shape index (κ1) is 15.8. The Balaban J connectivity index is 2.23. The molecule has 0 aliphatic carbocycles. The van der Waals surface area contributed by atoms with Crippen molar-refractivity contribution in [2.24, 2.45) is 5.73 Å². The minimum Gasteiger partial charge on any atom is -0.383 e. The van der Waals surface area contributed by atoms with Crippen LogP contribution in [-0.4, -0.2) is 45.1 Å². The van der Waals surface area contributed by atoms with Gasteiger partial charge in [-0.25, -0.2) is 0 Å². The second-order valence-electron chi connectivity index (χ2n) is 5.73. The van der Waals surface area contributed by atoms with E-state index < -0.39 is 0 Å². The Labute approximate surface area is 127 Å². The predicted octanol–water partition coefficient (Wildman–Crippen LogP) is 2.06. The number of methoxy groups -OCH3 is 1. The summed E-state index contributed by atoms with van der Waals surface area (Å²) in [5.41, 5.74) is 9.08. The number of nitrogens with zero attached hydrogens (tertiary/aromatic N) is 1. The average Bonchev–Trinajstić information content (AvgIpc) is 2.47. The van der Waals surface area contributed by atoms with Crippen LogP contribution < -0.4 is 16.0 Å². The molecule has 1 fully saturated rings. The van der Waals surface area contributed by atoms with Crippen molar-refractivity contribution >= 4 is 17.6 Å². The third kappa shape index (κ3) is 3.95. The van der Waals surface area contributed by atoms with Gasteiger partial charge in [0.15, 0.2) is 0 Å². The van der Waals surface area contributed by atoms with E-state index >= 15 is 0 Å². The van der Waals surface area contributed by atoms with Crippen LogP contribution >= 0.6 is 0 Å². The molecule has 2 atom stereocenters. The molecule has 2 unspecified atom stereocenters. The van der Waals surface area contributed by atoms with Crippen molar-refractivity contribution in [1.82, 2.24) is 0 Å². The van der Waals surface area contributed by atoms with Crippen LogP contribution in [0.25, 0.3) is 0 Å². The standard InChI is InChI=1S/C16H26N4O/c1-12(11-21-2)19-15-6-3-7-16(14(15)9-17)20-8-4-5-13(18)10-20/h3,6-7,9,12-13,17,19H,4-5,8,10-11,18H2,1-2H3. The van der Waals surface area contributed by atoms with Crippen LogP contribution in [0, 0.1) is 5.41 Å². The Morgan fingerprint density at radius 3 is 3.05 bits per heavy atom. The van der Waals surface area contributed by atoms with Crippen LogP contribution in [-0.2, 0) is 4.74 Å². The SMILES string of the molecule is COCC(C)Nc1cccc(N2CCCC(N)C2)c1C=N. The van der Waals surface area contributed by atoms with Gasteiger partial charge in [0.05, 0.1) is 6.61 Å². The molecule has 5 nitrogen and oxygen atoms in total. The Morgan fingerprint density at radius 2 is 2.38 bits per heavy atom. The Hall–Kier alpha value is -1.59. The Morgan fingerprint density at radius 1 is 1.57 bits per heavy atom. The van der Waals surface area contributed by atoms with Crippen LogP contribution in [0.2, 0.25) is 0 Å². The molecule has 0 spiro atoms. The largest absolute Gasteiger partial charge is 0.383 e. The molecule has 1 aliphatic heterocycles. The molecule has 0 amide bonds. The summed E-state index contributed by atoms with van der Waals surface area (Å²) < 4.78 is 5.16. The van der Waals surface area contributed by atoms with Crippen LogP contribution in [0.15, 0.2) is 18.2 Å². The van der Waals surface area contributed by atoms with Gasteiger partial charge >= 0.3 is 0 Å². The summed E-state index contributed by atoms with van der Waals surface area (Å²) in [7, 11) is 1.70. The van der Waals surface area contributed by atoms with E-state index in [4.69, 9.17) is 15.9 Å². The van der Waals surface area contributed by atoms with Gasteiger partial charge in [-0.1, -0.05) is 6.07 Å². The molecule has 1 aromatic rings.